The highest BCUT2D eigenvalue weighted by Gasteiger charge is 2.15. The van der Waals surface area contributed by atoms with Gasteiger partial charge in [-0.3, -0.25) is 0 Å². The minimum Gasteiger partial charge on any atom is -0.481 e. The Morgan fingerprint density at radius 2 is 2.04 bits per heavy atom. The number of pyridine rings is 1. The van der Waals surface area contributed by atoms with Gasteiger partial charge in [-0.1, -0.05) is 0 Å². The molecule has 5 heteroatoms. The van der Waals surface area contributed by atoms with E-state index in [1.165, 1.54) is 17.5 Å². The molecule has 1 aliphatic carbocycles. The zero-order valence-corrected chi connectivity index (χ0v) is 13.5. The molecule has 2 heterocycles. The summed E-state index contributed by atoms with van der Waals surface area (Å²) in [6.07, 6.45) is 5.04. The molecule has 0 bridgehead atoms. The maximum absolute atomic E-state index is 11.9. The number of aryl methyl sites for hydroxylation is 2. The largest absolute Gasteiger partial charge is 0.481 e. The minimum absolute atomic E-state index is 0.315. The van der Waals surface area contributed by atoms with Gasteiger partial charge in [-0.15, -0.1) is 0 Å². The first-order chi connectivity index (χ1) is 11.7. The van der Waals surface area contributed by atoms with E-state index in [4.69, 9.17) is 9.15 Å². The lowest BCUT2D eigenvalue weighted by molar-refractivity contribution is 0.398. The van der Waals surface area contributed by atoms with Crippen LogP contribution in [0.4, 0.5) is 5.69 Å². The van der Waals surface area contributed by atoms with Crippen molar-refractivity contribution in [1.29, 1.82) is 0 Å². The second kappa shape index (κ2) is 6.00. The van der Waals surface area contributed by atoms with Crippen molar-refractivity contribution in [1.82, 2.24) is 4.98 Å². The lowest BCUT2D eigenvalue weighted by Crippen LogP contribution is -2.06. The summed E-state index contributed by atoms with van der Waals surface area (Å²) in [5, 5.41) is 4.30. The van der Waals surface area contributed by atoms with E-state index in [2.05, 4.69) is 16.4 Å². The van der Waals surface area contributed by atoms with Gasteiger partial charge in [-0.25, -0.2) is 9.78 Å². The van der Waals surface area contributed by atoms with Crippen LogP contribution in [0.1, 0.15) is 23.1 Å². The summed E-state index contributed by atoms with van der Waals surface area (Å²) < 4.78 is 10.5. The van der Waals surface area contributed by atoms with E-state index in [0.29, 0.717) is 18.0 Å². The van der Waals surface area contributed by atoms with Crippen LogP contribution in [0.2, 0.25) is 0 Å². The minimum atomic E-state index is -0.315. The molecule has 0 unspecified atom stereocenters. The number of aromatic nitrogens is 1. The van der Waals surface area contributed by atoms with Crippen molar-refractivity contribution in [2.45, 2.75) is 25.8 Å². The fourth-order valence-corrected chi connectivity index (χ4v) is 3.24. The van der Waals surface area contributed by atoms with Crippen molar-refractivity contribution in [3.05, 3.63) is 63.6 Å². The van der Waals surface area contributed by atoms with Crippen LogP contribution in [0.15, 0.2) is 45.7 Å². The number of hydrogen-bond acceptors (Lipinski definition) is 5. The van der Waals surface area contributed by atoms with Gasteiger partial charge in [0.15, 0.2) is 0 Å². The number of fused-ring (bicyclic) bond motifs is 2. The third-order valence-electron chi connectivity index (χ3n) is 4.47. The molecule has 122 valence electrons. The summed E-state index contributed by atoms with van der Waals surface area (Å²) >= 11 is 0. The first kappa shape index (κ1) is 14.8. The van der Waals surface area contributed by atoms with Crippen LogP contribution in [0.25, 0.3) is 11.0 Å². The molecule has 0 saturated carbocycles. The van der Waals surface area contributed by atoms with Crippen molar-refractivity contribution in [2.75, 3.05) is 12.4 Å². The summed E-state index contributed by atoms with van der Waals surface area (Å²) in [6, 6.07) is 9.46. The SMILES string of the molecule is COc1ccc(NCc2cc(=O)oc3cc4c(cc23)CCC4)cn1. The van der Waals surface area contributed by atoms with Crippen LogP contribution < -0.4 is 15.7 Å². The van der Waals surface area contributed by atoms with E-state index < -0.39 is 0 Å². The highest BCUT2D eigenvalue weighted by Crippen LogP contribution is 2.28. The summed E-state index contributed by atoms with van der Waals surface area (Å²) in [5.74, 6) is 0.571. The summed E-state index contributed by atoms with van der Waals surface area (Å²) in [6.45, 7) is 0.537. The standard InChI is InChI=1S/C19H18N2O3/c1-23-18-6-5-15(11-21-18)20-10-14-9-19(22)24-17-8-13-4-2-3-12(13)7-16(14)17/h5-9,11,20H,2-4,10H2,1H3. The molecular formula is C19H18N2O3. The Hall–Kier alpha value is -2.82. The fourth-order valence-electron chi connectivity index (χ4n) is 3.24. The molecule has 2 aromatic heterocycles. The zero-order valence-electron chi connectivity index (χ0n) is 13.5. The van der Waals surface area contributed by atoms with Crippen LogP contribution in [-0.2, 0) is 19.4 Å². The molecule has 3 aromatic rings. The average Bonchev–Trinajstić information content (AvgIpc) is 3.05. The second-order valence-corrected chi connectivity index (χ2v) is 6.00. The predicted octanol–water partition coefficient (Wildman–Crippen LogP) is 3.30. The number of nitrogens with zero attached hydrogens (tertiary/aromatic N) is 1. The van der Waals surface area contributed by atoms with Gasteiger partial charge in [0, 0.05) is 24.1 Å². The van der Waals surface area contributed by atoms with Gasteiger partial charge in [0.25, 0.3) is 0 Å². The summed E-state index contributed by atoms with van der Waals surface area (Å²) in [4.78, 5) is 16.0. The molecule has 1 aromatic carbocycles. The van der Waals surface area contributed by atoms with Gasteiger partial charge in [0.1, 0.15) is 5.58 Å². The number of benzene rings is 1. The molecule has 0 spiro atoms. The van der Waals surface area contributed by atoms with Gasteiger partial charge in [0.2, 0.25) is 5.88 Å². The lowest BCUT2D eigenvalue weighted by atomic mass is 10.0. The third-order valence-corrected chi connectivity index (χ3v) is 4.47. The number of ether oxygens (including phenoxy) is 1. The van der Waals surface area contributed by atoms with Gasteiger partial charge in [-0.2, -0.15) is 0 Å². The maximum atomic E-state index is 11.9. The highest BCUT2D eigenvalue weighted by molar-refractivity contribution is 5.82. The summed E-state index contributed by atoms with van der Waals surface area (Å²) in [5.41, 5.74) is 4.84. The fraction of sp³-hybridized carbons (Fsp3) is 0.263. The molecule has 5 nitrogen and oxygen atoms in total. The van der Waals surface area contributed by atoms with E-state index >= 15 is 0 Å². The van der Waals surface area contributed by atoms with Crippen LogP contribution in [0, 0.1) is 0 Å². The molecule has 0 saturated heterocycles. The Morgan fingerprint density at radius 1 is 1.21 bits per heavy atom. The molecule has 0 amide bonds. The quantitative estimate of drug-likeness (QED) is 0.747. The number of nitrogens with one attached hydrogen (secondary N) is 1. The van der Waals surface area contributed by atoms with Crippen molar-refractivity contribution in [3.8, 4) is 5.88 Å². The Kier molecular flexibility index (Phi) is 3.69. The van der Waals surface area contributed by atoms with E-state index in [1.807, 2.05) is 12.1 Å². The van der Waals surface area contributed by atoms with E-state index in [-0.39, 0.29) is 5.63 Å². The maximum Gasteiger partial charge on any atom is 0.336 e. The van der Waals surface area contributed by atoms with Crippen molar-refractivity contribution >= 4 is 16.7 Å². The van der Waals surface area contributed by atoms with Gasteiger partial charge >= 0.3 is 5.63 Å². The molecular weight excluding hydrogens is 304 g/mol. The van der Waals surface area contributed by atoms with Crippen molar-refractivity contribution < 1.29 is 9.15 Å². The average molecular weight is 322 g/mol. The summed E-state index contributed by atoms with van der Waals surface area (Å²) in [7, 11) is 1.59. The molecule has 1 aliphatic rings. The second-order valence-electron chi connectivity index (χ2n) is 6.00. The number of rotatable bonds is 4. The van der Waals surface area contributed by atoms with Crippen LogP contribution in [0.5, 0.6) is 5.88 Å². The van der Waals surface area contributed by atoms with Crippen LogP contribution >= 0.6 is 0 Å². The lowest BCUT2D eigenvalue weighted by Gasteiger charge is -2.10. The predicted molar refractivity (Wildman–Crippen MR) is 92.6 cm³/mol. The van der Waals surface area contributed by atoms with E-state index in [0.717, 1.165) is 29.5 Å². The first-order valence-electron chi connectivity index (χ1n) is 8.05. The Morgan fingerprint density at radius 3 is 2.79 bits per heavy atom. The smallest absolute Gasteiger partial charge is 0.336 e. The zero-order chi connectivity index (χ0) is 16.5. The molecule has 24 heavy (non-hydrogen) atoms. The normalized spacial score (nSPS) is 13.0. The first-order valence-corrected chi connectivity index (χ1v) is 8.05. The highest BCUT2D eigenvalue weighted by atomic mass is 16.5. The number of methoxy groups -OCH3 is 1. The molecule has 0 radical (unpaired) electrons. The van der Waals surface area contributed by atoms with E-state index in [9.17, 15) is 4.79 Å². The van der Waals surface area contributed by atoms with E-state index in [1.54, 1.807) is 25.4 Å². The molecule has 1 N–H and O–H groups in total. The molecule has 0 aliphatic heterocycles. The van der Waals surface area contributed by atoms with Crippen LogP contribution in [0.3, 0.4) is 0 Å². The van der Waals surface area contributed by atoms with Gasteiger partial charge in [-0.05, 0) is 54.2 Å². The number of hydrogen-bond donors (Lipinski definition) is 1. The Bertz CT molecular complexity index is 945. The van der Waals surface area contributed by atoms with Gasteiger partial charge < -0.3 is 14.5 Å². The topological polar surface area (TPSA) is 64.4 Å². The van der Waals surface area contributed by atoms with Crippen molar-refractivity contribution in [3.63, 3.8) is 0 Å². The number of anilines is 1. The molecule has 0 atom stereocenters. The van der Waals surface area contributed by atoms with Crippen LogP contribution in [-0.4, -0.2) is 12.1 Å². The third kappa shape index (κ3) is 2.73. The molecule has 4 rings (SSSR count). The molecule has 0 fully saturated rings. The Labute approximate surface area is 139 Å². The monoisotopic (exact) mass is 322 g/mol. The Balaban J connectivity index is 1.66. The van der Waals surface area contributed by atoms with Gasteiger partial charge in [0.05, 0.1) is 19.0 Å². The van der Waals surface area contributed by atoms with Crippen molar-refractivity contribution in [2.24, 2.45) is 0 Å².